The molecule has 19 heavy (non-hydrogen) atoms. The fourth-order valence-electron chi connectivity index (χ4n) is 2.19. The molecule has 1 aliphatic rings. The third-order valence-corrected chi connectivity index (χ3v) is 5.34. The summed E-state index contributed by atoms with van der Waals surface area (Å²) in [5.74, 6) is -0.571. The van der Waals surface area contributed by atoms with Gasteiger partial charge in [0.2, 0.25) is 5.91 Å². The lowest BCUT2D eigenvalue weighted by molar-refractivity contribution is -0.136. The fraction of sp³-hybridized carbons (Fsp3) is 0.538. The highest BCUT2D eigenvalue weighted by molar-refractivity contribution is 8.01. The number of amides is 1. The lowest BCUT2D eigenvalue weighted by Crippen LogP contribution is -2.32. The summed E-state index contributed by atoms with van der Waals surface area (Å²) >= 11 is 2.87. The highest BCUT2D eigenvalue weighted by atomic mass is 32.2. The zero-order chi connectivity index (χ0) is 13.8. The van der Waals surface area contributed by atoms with Crippen LogP contribution in [0.3, 0.4) is 0 Å². The molecule has 104 valence electrons. The van der Waals surface area contributed by atoms with E-state index in [0.29, 0.717) is 0 Å². The van der Waals surface area contributed by atoms with Crippen LogP contribution in [0.15, 0.2) is 17.5 Å². The van der Waals surface area contributed by atoms with Gasteiger partial charge in [-0.1, -0.05) is 6.07 Å². The van der Waals surface area contributed by atoms with E-state index in [1.54, 1.807) is 18.3 Å². The second-order valence-corrected chi connectivity index (χ2v) is 6.86. The summed E-state index contributed by atoms with van der Waals surface area (Å²) in [6.45, 7) is 2.39. The number of hydrogen-bond acceptors (Lipinski definition) is 4. The molecule has 0 aliphatic carbocycles. The highest BCUT2D eigenvalue weighted by Gasteiger charge is 2.30. The summed E-state index contributed by atoms with van der Waals surface area (Å²) in [5, 5.41) is 10.3. The largest absolute Gasteiger partial charge is 0.480 e. The molecule has 2 unspecified atom stereocenters. The molecule has 2 rings (SSSR count). The van der Waals surface area contributed by atoms with Crippen molar-refractivity contribution in [2.24, 2.45) is 0 Å². The molecule has 1 aromatic rings. The van der Waals surface area contributed by atoms with Gasteiger partial charge in [-0.3, -0.25) is 9.59 Å². The van der Waals surface area contributed by atoms with Crippen LogP contribution in [0.1, 0.15) is 30.7 Å². The van der Waals surface area contributed by atoms with Crippen LogP contribution < -0.4 is 0 Å². The maximum atomic E-state index is 12.2. The number of carboxylic acid groups (broad SMARTS) is 1. The monoisotopic (exact) mass is 299 g/mol. The first-order chi connectivity index (χ1) is 9.09. The maximum absolute atomic E-state index is 12.2. The number of carboxylic acids is 1. The number of nitrogens with zero attached hydrogens (tertiary/aromatic N) is 1. The number of carbonyl (C=O) groups excluding carboxylic acids is 1. The Morgan fingerprint density at radius 1 is 1.63 bits per heavy atom. The van der Waals surface area contributed by atoms with Gasteiger partial charge in [0.1, 0.15) is 0 Å². The lowest BCUT2D eigenvalue weighted by Gasteiger charge is -2.24. The molecule has 1 saturated heterocycles. The Labute approximate surface area is 120 Å². The molecule has 0 radical (unpaired) electrons. The molecular formula is C13H17NO3S2. The number of likely N-dealkylation sites (tertiary alicyclic amines) is 1. The summed E-state index contributed by atoms with van der Waals surface area (Å²) in [6.07, 6.45) is 2.03. The lowest BCUT2D eigenvalue weighted by atomic mass is 10.2. The van der Waals surface area contributed by atoms with Gasteiger partial charge in [0.05, 0.1) is 17.0 Å². The van der Waals surface area contributed by atoms with Crippen molar-refractivity contribution < 1.29 is 14.7 Å². The van der Waals surface area contributed by atoms with Gasteiger partial charge in [0.15, 0.2) is 0 Å². The van der Waals surface area contributed by atoms with Crippen molar-refractivity contribution in [3.05, 3.63) is 22.4 Å². The average molecular weight is 299 g/mol. The van der Waals surface area contributed by atoms with E-state index in [4.69, 9.17) is 5.11 Å². The van der Waals surface area contributed by atoms with Crippen molar-refractivity contribution in [3.8, 4) is 0 Å². The minimum absolute atomic E-state index is 0.0500. The van der Waals surface area contributed by atoms with E-state index in [1.807, 2.05) is 16.3 Å². The number of carbonyl (C=O) groups is 2. The Morgan fingerprint density at radius 3 is 3.05 bits per heavy atom. The second kappa shape index (κ2) is 6.43. The summed E-state index contributed by atoms with van der Waals surface area (Å²) in [5.41, 5.74) is 0. The molecule has 2 heterocycles. The van der Waals surface area contributed by atoms with Crippen LogP contribution in [0, 0.1) is 0 Å². The quantitative estimate of drug-likeness (QED) is 0.908. The third kappa shape index (κ3) is 3.51. The van der Waals surface area contributed by atoms with E-state index in [2.05, 4.69) is 6.07 Å². The van der Waals surface area contributed by atoms with Gasteiger partial charge in [-0.05, 0) is 31.2 Å². The Kier molecular flexibility index (Phi) is 4.87. The Morgan fingerprint density at radius 2 is 2.42 bits per heavy atom. The molecule has 6 heteroatoms. The molecule has 2 atom stereocenters. The minimum atomic E-state index is -0.867. The molecule has 1 aliphatic heterocycles. The van der Waals surface area contributed by atoms with Gasteiger partial charge in [-0.15, -0.1) is 23.1 Å². The van der Waals surface area contributed by atoms with Crippen molar-refractivity contribution >= 4 is 35.0 Å². The van der Waals surface area contributed by atoms with Crippen LogP contribution in [-0.2, 0) is 9.59 Å². The molecular weight excluding hydrogens is 282 g/mol. The Hall–Kier alpha value is -1.01. The van der Waals surface area contributed by atoms with Crippen LogP contribution in [0.4, 0.5) is 0 Å². The predicted octanol–water partition coefficient (Wildman–Crippen LogP) is 2.62. The van der Waals surface area contributed by atoms with Crippen LogP contribution in [0.5, 0.6) is 0 Å². The molecule has 1 N–H and O–H groups in total. The van der Waals surface area contributed by atoms with Gasteiger partial charge in [0.25, 0.3) is 0 Å². The van der Waals surface area contributed by atoms with Gasteiger partial charge < -0.3 is 10.0 Å². The molecule has 1 amide bonds. The van der Waals surface area contributed by atoms with Crippen LogP contribution in [-0.4, -0.2) is 39.4 Å². The van der Waals surface area contributed by atoms with E-state index in [1.165, 1.54) is 16.6 Å². The molecule has 1 fully saturated rings. The van der Waals surface area contributed by atoms with E-state index in [0.717, 1.165) is 19.4 Å². The second-order valence-electron chi connectivity index (χ2n) is 4.55. The SMILES string of the molecule is CC(SCC(=O)N1CCCC1c1cccs1)C(=O)O. The average Bonchev–Trinajstić information content (AvgIpc) is 3.04. The van der Waals surface area contributed by atoms with Crippen LogP contribution >= 0.6 is 23.1 Å². The van der Waals surface area contributed by atoms with E-state index < -0.39 is 11.2 Å². The molecule has 4 nitrogen and oxygen atoms in total. The smallest absolute Gasteiger partial charge is 0.316 e. The molecule has 0 saturated carbocycles. The Bertz CT molecular complexity index is 447. The summed E-state index contributed by atoms with van der Waals surface area (Å²) in [4.78, 5) is 26.1. The van der Waals surface area contributed by atoms with E-state index in [9.17, 15) is 9.59 Å². The first-order valence-corrected chi connectivity index (χ1v) is 8.19. The van der Waals surface area contributed by atoms with Crippen molar-refractivity contribution in [1.82, 2.24) is 4.90 Å². The first kappa shape index (κ1) is 14.4. The first-order valence-electron chi connectivity index (χ1n) is 6.27. The van der Waals surface area contributed by atoms with Gasteiger partial charge in [-0.2, -0.15) is 0 Å². The van der Waals surface area contributed by atoms with Crippen molar-refractivity contribution in [2.45, 2.75) is 31.1 Å². The summed E-state index contributed by atoms with van der Waals surface area (Å²) < 4.78 is 0. The molecule has 0 bridgehead atoms. The van der Waals surface area contributed by atoms with Crippen LogP contribution in [0.25, 0.3) is 0 Å². The van der Waals surface area contributed by atoms with Crippen molar-refractivity contribution in [3.63, 3.8) is 0 Å². The number of thiophene rings is 1. The van der Waals surface area contributed by atoms with Gasteiger partial charge in [-0.25, -0.2) is 0 Å². The zero-order valence-corrected chi connectivity index (χ0v) is 12.4. The summed E-state index contributed by atoms with van der Waals surface area (Å²) in [6, 6.07) is 4.25. The van der Waals surface area contributed by atoms with Crippen LogP contribution in [0.2, 0.25) is 0 Å². The maximum Gasteiger partial charge on any atom is 0.316 e. The van der Waals surface area contributed by atoms with Crippen molar-refractivity contribution in [2.75, 3.05) is 12.3 Å². The minimum Gasteiger partial charge on any atom is -0.480 e. The number of aliphatic carboxylic acids is 1. The fourth-order valence-corrected chi connectivity index (χ4v) is 3.77. The zero-order valence-electron chi connectivity index (χ0n) is 10.7. The predicted molar refractivity (Wildman–Crippen MR) is 77.6 cm³/mol. The third-order valence-electron chi connectivity index (χ3n) is 3.25. The topological polar surface area (TPSA) is 57.6 Å². The molecule has 0 spiro atoms. The molecule has 1 aromatic heterocycles. The number of rotatable bonds is 5. The number of hydrogen-bond donors (Lipinski definition) is 1. The number of thioether (sulfide) groups is 1. The Balaban J connectivity index is 1.93. The van der Waals surface area contributed by atoms with Gasteiger partial charge >= 0.3 is 5.97 Å². The summed E-state index contributed by atoms with van der Waals surface area (Å²) in [7, 11) is 0. The van der Waals surface area contributed by atoms with E-state index in [-0.39, 0.29) is 17.7 Å². The van der Waals surface area contributed by atoms with E-state index >= 15 is 0 Å². The highest BCUT2D eigenvalue weighted by Crippen LogP contribution is 2.34. The molecule has 0 aromatic carbocycles. The van der Waals surface area contributed by atoms with Gasteiger partial charge in [0, 0.05) is 11.4 Å². The van der Waals surface area contributed by atoms with Crippen molar-refractivity contribution in [1.29, 1.82) is 0 Å². The normalized spacial score (nSPS) is 20.5. The standard InChI is InChI=1S/C13H17NO3S2/c1-9(13(16)17)19-8-12(15)14-6-2-4-10(14)11-5-3-7-18-11/h3,5,7,9-10H,2,4,6,8H2,1H3,(H,16,17).